The number of sulfone groups is 1. The molecule has 2 atom stereocenters. The Kier molecular flexibility index (Phi) is 6.63. The number of hydrogen-bond acceptors (Lipinski definition) is 5. The normalized spacial score (nSPS) is 21.2. The van der Waals surface area contributed by atoms with E-state index in [1.807, 2.05) is 0 Å². The Morgan fingerprint density at radius 1 is 1.03 bits per heavy atom. The highest BCUT2D eigenvalue weighted by Gasteiger charge is 2.42. The highest BCUT2D eigenvalue weighted by molar-refractivity contribution is 7.91. The van der Waals surface area contributed by atoms with Crippen LogP contribution in [0.2, 0.25) is 5.02 Å². The average Bonchev–Trinajstić information content (AvgIpc) is 3.51. The molecule has 172 valence electrons. The fraction of sp³-hybridized carbons (Fsp3) is 0.409. The third-order valence-corrected chi connectivity index (χ3v) is 9.32. The van der Waals surface area contributed by atoms with Crippen LogP contribution in [0.3, 0.4) is 0 Å². The fourth-order valence-corrected chi connectivity index (χ4v) is 7.19. The first-order valence-electron chi connectivity index (χ1n) is 10.5. The molecule has 1 aliphatic heterocycles. The summed E-state index contributed by atoms with van der Waals surface area (Å²) < 4.78 is 52.6. The van der Waals surface area contributed by atoms with Crippen LogP contribution >= 0.6 is 11.6 Å². The quantitative estimate of drug-likeness (QED) is 0.605. The first kappa shape index (κ1) is 23.2. The number of carbonyl (C=O) groups excluding carboxylic acids is 1. The molecule has 4 rings (SSSR count). The van der Waals surface area contributed by atoms with Crippen LogP contribution < -0.4 is 4.72 Å². The van der Waals surface area contributed by atoms with Crippen molar-refractivity contribution < 1.29 is 21.6 Å². The second-order valence-electron chi connectivity index (χ2n) is 8.33. The summed E-state index contributed by atoms with van der Waals surface area (Å²) in [5.41, 5.74) is 0.608. The molecular formula is C22H25ClN2O5S2. The highest BCUT2D eigenvalue weighted by atomic mass is 35.5. The van der Waals surface area contributed by atoms with E-state index in [0.717, 1.165) is 12.8 Å². The van der Waals surface area contributed by atoms with Crippen molar-refractivity contribution >= 4 is 37.4 Å². The zero-order valence-electron chi connectivity index (χ0n) is 17.4. The van der Waals surface area contributed by atoms with Crippen molar-refractivity contribution in [1.29, 1.82) is 0 Å². The van der Waals surface area contributed by atoms with Gasteiger partial charge in [-0.05, 0) is 49.1 Å². The number of benzene rings is 2. The smallest absolute Gasteiger partial charge is 0.241 e. The number of sulfonamides is 1. The molecule has 1 aliphatic carbocycles. The van der Waals surface area contributed by atoms with Crippen molar-refractivity contribution in [1.82, 2.24) is 9.62 Å². The molecule has 1 N–H and O–H groups in total. The van der Waals surface area contributed by atoms with E-state index in [4.69, 9.17) is 11.6 Å². The zero-order chi connectivity index (χ0) is 22.9. The van der Waals surface area contributed by atoms with Gasteiger partial charge in [0.05, 0.1) is 22.4 Å². The van der Waals surface area contributed by atoms with Gasteiger partial charge in [-0.3, -0.25) is 4.79 Å². The van der Waals surface area contributed by atoms with Crippen molar-refractivity contribution in [2.24, 2.45) is 0 Å². The first-order chi connectivity index (χ1) is 15.1. The number of carbonyl (C=O) groups is 1. The van der Waals surface area contributed by atoms with Crippen LogP contribution in [0.15, 0.2) is 59.5 Å². The van der Waals surface area contributed by atoms with E-state index in [9.17, 15) is 21.6 Å². The van der Waals surface area contributed by atoms with Crippen LogP contribution in [-0.4, -0.2) is 51.2 Å². The van der Waals surface area contributed by atoms with Crippen LogP contribution in [0.25, 0.3) is 0 Å². The van der Waals surface area contributed by atoms with Crippen molar-refractivity contribution in [3.8, 4) is 0 Å². The lowest BCUT2D eigenvalue weighted by Gasteiger charge is -2.30. The van der Waals surface area contributed by atoms with E-state index in [1.165, 1.54) is 12.1 Å². The van der Waals surface area contributed by atoms with E-state index in [0.29, 0.717) is 17.0 Å². The average molecular weight is 497 g/mol. The number of nitrogens with zero attached hydrogens (tertiary/aromatic N) is 1. The van der Waals surface area contributed by atoms with E-state index in [-0.39, 0.29) is 40.8 Å². The summed E-state index contributed by atoms with van der Waals surface area (Å²) in [5.74, 6) is -0.197. The molecule has 0 aromatic heterocycles. The Morgan fingerprint density at radius 3 is 2.25 bits per heavy atom. The minimum atomic E-state index is -3.88. The molecule has 32 heavy (non-hydrogen) atoms. The summed E-state index contributed by atoms with van der Waals surface area (Å²) in [7, 11) is -7.03. The lowest BCUT2D eigenvalue weighted by atomic mass is 10.0. The van der Waals surface area contributed by atoms with E-state index < -0.39 is 25.9 Å². The topological polar surface area (TPSA) is 101 Å². The van der Waals surface area contributed by atoms with Gasteiger partial charge in [0.25, 0.3) is 0 Å². The van der Waals surface area contributed by atoms with E-state index in [1.54, 1.807) is 47.4 Å². The minimum Gasteiger partial charge on any atom is -0.336 e. The van der Waals surface area contributed by atoms with E-state index >= 15 is 0 Å². The van der Waals surface area contributed by atoms with Gasteiger partial charge in [-0.1, -0.05) is 41.9 Å². The minimum absolute atomic E-state index is 0.0254. The van der Waals surface area contributed by atoms with Gasteiger partial charge in [-0.25, -0.2) is 21.6 Å². The third-order valence-electron chi connectivity index (χ3n) is 5.83. The lowest BCUT2D eigenvalue weighted by Crippen LogP contribution is -2.44. The summed E-state index contributed by atoms with van der Waals surface area (Å²) in [5, 5.41) is 0.500. The molecule has 2 unspecified atom stereocenters. The Balaban J connectivity index is 1.60. The van der Waals surface area contributed by atoms with Crippen molar-refractivity contribution in [3.05, 3.63) is 65.2 Å². The van der Waals surface area contributed by atoms with Gasteiger partial charge in [-0.2, -0.15) is 0 Å². The van der Waals surface area contributed by atoms with E-state index in [2.05, 4.69) is 4.72 Å². The maximum atomic E-state index is 13.4. The molecule has 2 aromatic rings. The summed E-state index contributed by atoms with van der Waals surface area (Å²) in [4.78, 5) is 15.2. The lowest BCUT2D eigenvalue weighted by molar-refractivity contribution is -0.134. The van der Waals surface area contributed by atoms with Crippen LogP contribution in [0.1, 0.15) is 37.3 Å². The van der Waals surface area contributed by atoms with Gasteiger partial charge in [0.2, 0.25) is 15.9 Å². The van der Waals surface area contributed by atoms with Crippen molar-refractivity contribution in [2.45, 2.75) is 48.7 Å². The monoisotopic (exact) mass is 496 g/mol. The summed E-state index contributed by atoms with van der Waals surface area (Å²) in [6.45, 7) is 0. The number of halogens is 1. The van der Waals surface area contributed by atoms with Gasteiger partial charge in [0.1, 0.15) is 0 Å². The molecule has 0 radical (unpaired) electrons. The van der Waals surface area contributed by atoms with Gasteiger partial charge in [-0.15, -0.1) is 0 Å². The molecule has 10 heteroatoms. The summed E-state index contributed by atoms with van der Waals surface area (Å²) in [6, 6.07) is 13.5. The number of nitrogens with one attached hydrogen (secondary N) is 1. The van der Waals surface area contributed by atoms with Gasteiger partial charge < -0.3 is 4.90 Å². The number of rotatable bonds is 8. The SMILES string of the molecule is O=C(CC(NS(=O)(=O)c1ccccc1)c1ccc(Cl)cc1)N(C1CC1)C1CCS(=O)(=O)C1. The van der Waals surface area contributed by atoms with Crippen LogP contribution in [0.5, 0.6) is 0 Å². The molecule has 7 nitrogen and oxygen atoms in total. The Morgan fingerprint density at radius 2 is 1.69 bits per heavy atom. The molecule has 0 spiro atoms. The molecule has 2 aromatic carbocycles. The van der Waals surface area contributed by atoms with Gasteiger partial charge in [0, 0.05) is 23.5 Å². The third kappa shape index (κ3) is 5.51. The summed E-state index contributed by atoms with van der Waals surface area (Å²) in [6.07, 6.45) is 1.99. The standard InChI is InChI=1S/C22H25ClN2O5S2/c23-17-8-6-16(7-9-17)21(24-32(29,30)20-4-2-1-3-5-20)14-22(26)25(18-10-11-18)19-12-13-31(27,28)15-19/h1-9,18-19,21,24H,10-15H2. The molecule has 2 aliphatic rings. The molecule has 1 heterocycles. The largest absolute Gasteiger partial charge is 0.336 e. The predicted molar refractivity (Wildman–Crippen MR) is 123 cm³/mol. The maximum Gasteiger partial charge on any atom is 0.241 e. The molecule has 1 saturated heterocycles. The molecule has 2 fully saturated rings. The Hall–Kier alpha value is -1.94. The van der Waals surface area contributed by atoms with Crippen LogP contribution in [0.4, 0.5) is 0 Å². The summed E-state index contributed by atoms with van der Waals surface area (Å²) >= 11 is 5.99. The molecule has 1 saturated carbocycles. The van der Waals surface area contributed by atoms with Crippen molar-refractivity contribution in [3.63, 3.8) is 0 Å². The molecular weight excluding hydrogens is 472 g/mol. The first-order valence-corrected chi connectivity index (χ1v) is 14.2. The fourth-order valence-electron chi connectivity index (χ4n) is 4.11. The van der Waals surface area contributed by atoms with Gasteiger partial charge >= 0.3 is 0 Å². The number of amides is 1. The molecule has 1 amide bonds. The predicted octanol–water partition coefficient (Wildman–Crippen LogP) is 2.93. The Labute approximate surface area is 193 Å². The van der Waals surface area contributed by atoms with Crippen LogP contribution in [-0.2, 0) is 24.7 Å². The highest BCUT2D eigenvalue weighted by Crippen LogP contribution is 2.34. The second kappa shape index (κ2) is 9.13. The maximum absolute atomic E-state index is 13.4. The van der Waals surface area contributed by atoms with Crippen LogP contribution in [0, 0.1) is 0 Å². The second-order valence-corrected chi connectivity index (χ2v) is 12.7. The van der Waals surface area contributed by atoms with Crippen molar-refractivity contribution in [2.75, 3.05) is 11.5 Å². The number of hydrogen-bond donors (Lipinski definition) is 1. The molecule has 0 bridgehead atoms. The Bertz CT molecular complexity index is 1180. The zero-order valence-corrected chi connectivity index (χ0v) is 19.7. The van der Waals surface area contributed by atoms with Gasteiger partial charge in [0.15, 0.2) is 9.84 Å².